The van der Waals surface area contributed by atoms with Crippen LogP contribution in [0.2, 0.25) is 0 Å². The Kier molecular flexibility index (Phi) is 5.60. The molecule has 21 heavy (non-hydrogen) atoms. The zero-order valence-electron chi connectivity index (χ0n) is 12.4. The van der Waals surface area contributed by atoms with E-state index in [2.05, 4.69) is 16.0 Å². The molecule has 0 heterocycles. The van der Waals surface area contributed by atoms with Gasteiger partial charge in [0.25, 0.3) is 0 Å². The molecule has 0 aromatic heterocycles. The molecule has 0 saturated heterocycles. The second kappa shape index (κ2) is 7.67. The Morgan fingerprint density at radius 2 is 1.62 bits per heavy atom. The molecule has 0 radical (unpaired) electrons. The van der Waals surface area contributed by atoms with Crippen LogP contribution in [-0.2, 0) is 4.79 Å². The molecule has 1 aliphatic rings. The number of urea groups is 1. The Hall–Kier alpha value is -2.04. The van der Waals surface area contributed by atoms with Crippen LogP contribution in [0.3, 0.4) is 0 Å². The second-order valence-corrected chi connectivity index (χ2v) is 5.55. The minimum absolute atomic E-state index is 0.130. The zero-order valence-corrected chi connectivity index (χ0v) is 12.4. The van der Waals surface area contributed by atoms with Crippen LogP contribution in [-0.4, -0.2) is 18.0 Å². The number of amides is 3. The molecular formula is C16H23N3O2. The van der Waals surface area contributed by atoms with E-state index in [1.807, 2.05) is 0 Å². The van der Waals surface area contributed by atoms with E-state index in [0.29, 0.717) is 11.4 Å². The minimum atomic E-state index is -0.179. The standard InChI is InChI=1S/C16H23N3O2/c1-12(20)17-14-9-6-10-15(11-14)19-16(21)18-13-7-4-2-3-5-8-13/h6,9-11,13H,2-5,7-8H2,1H3,(H,17,20)(H2,18,19,21). The molecular weight excluding hydrogens is 266 g/mol. The van der Waals surface area contributed by atoms with Gasteiger partial charge in [0.1, 0.15) is 0 Å². The third-order valence-corrected chi connectivity index (χ3v) is 3.63. The van der Waals surface area contributed by atoms with Gasteiger partial charge >= 0.3 is 6.03 Å². The van der Waals surface area contributed by atoms with E-state index in [0.717, 1.165) is 12.8 Å². The van der Waals surface area contributed by atoms with Crippen molar-refractivity contribution in [2.45, 2.75) is 51.5 Å². The van der Waals surface area contributed by atoms with Gasteiger partial charge in [-0.3, -0.25) is 4.79 Å². The number of hydrogen-bond acceptors (Lipinski definition) is 2. The molecule has 3 N–H and O–H groups in total. The van der Waals surface area contributed by atoms with E-state index in [-0.39, 0.29) is 18.0 Å². The largest absolute Gasteiger partial charge is 0.335 e. The number of carbonyl (C=O) groups is 2. The number of rotatable bonds is 3. The maximum absolute atomic E-state index is 12.0. The van der Waals surface area contributed by atoms with Crippen molar-refractivity contribution in [1.82, 2.24) is 5.32 Å². The third-order valence-electron chi connectivity index (χ3n) is 3.63. The van der Waals surface area contributed by atoms with Crippen molar-refractivity contribution in [2.24, 2.45) is 0 Å². The average Bonchev–Trinajstić information content (AvgIpc) is 2.66. The molecule has 1 aromatic carbocycles. The summed E-state index contributed by atoms with van der Waals surface area (Å²) in [5, 5.41) is 8.55. The van der Waals surface area contributed by atoms with Crippen molar-refractivity contribution >= 4 is 23.3 Å². The molecule has 0 aliphatic heterocycles. The molecule has 2 rings (SSSR count). The fraction of sp³-hybridized carbons (Fsp3) is 0.500. The summed E-state index contributed by atoms with van der Waals surface area (Å²) in [5.74, 6) is -0.130. The first kappa shape index (κ1) is 15.4. The Balaban J connectivity index is 1.88. The highest BCUT2D eigenvalue weighted by Gasteiger charge is 2.14. The van der Waals surface area contributed by atoms with Gasteiger partial charge in [-0.2, -0.15) is 0 Å². The lowest BCUT2D eigenvalue weighted by Gasteiger charge is -2.17. The monoisotopic (exact) mass is 289 g/mol. The highest BCUT2D eigenvalue weighted by Crippen LogP contribution is 2.18. The minimum Gasteiger partial charge on any atom is -0.335 e. The maximum atomic E-state index is 12.0. The summed E-state index contributed by atoms with van der Waals surface area (Å²) in [7, 11) is 0. The number of carbonyl (C=O) groups excluding carboxylic acids is 2. The average molecular weight is 289 g/mol. The Morgan fingerprint density at radius 3 is 2.24 bits per heavy atom. The van der Waals surface area contributed by atoms with Crippen molar-refractivity contribution < 1.29 is 9.59 Å². The van der Waals surface area contributed by atoms with Crippen LogP contribution in [0.15, 0.2) is 24.3 Å². The Labute approximate surface area is 125 Å². The van der Waals surface area contributed by atoms with Gasteiger partial charge in [-0.15, -0.1) is 0 Å². The topological polar surface area (TPSA) is 70.2 Å². The SMILES string of the molecule is CC(=O)Nc1cccc(NC(=O)NC2CCCCCC2)c1. The molecule has 0 spiro atoms. The van der Waals surface area contributed by atoms with Gasteiger partial charge in [-0.05, 0) is 31.0 Å². The van der Waals surface area contributed by atoms with Crippen LogP contribution < -0.4 is 16.0 Å². The van der Waals surface area contributed by atoms with Crippen molar-refractivity contribution in [3.8, 4) is 0 Å². The summed E-state index contributed by atoms with van der Waals surface area (Å²) in [5.41, 5.74) is 1.35. The summed E-state index contributed by atoms with van der Waals surface area (Å²) >= 11 is 0. The van der Waals surface area contributed by atoms with Crippen molar-refractivity contribution in [2.75, 3.05) is 10.6 Å². The number of nitrogens with one attached hydrogen (secondary N) is 3. The lowest BCUT2D eigenvalue weighted by molar-refractivity contribution is -0.114. The predicted molar refractivity (Wildman–Crippen MR) is 84.4 cm³/mol. The summed E-state index contributed by atoms with van der Waals surface area (Å²) in [4.78, 5) is 23.0. The zero-order chi connectivity index (χ0) is 15.1. The highest BCUT2D eigenvalue weighted by molar-refractivity contribution is 5.92. The van der Waals surface area contributed by atoms with E-state index < -0.39 is 0 Å². The second-order valence-electron chi connectivity index (χ2n) is 5.55. The molecule has 1 aliphatic carbocycles. The van der Waals surface area contributed by atoms with Gasteiger partial charge in [-0.1, -0.05) is 31.7 Å². The molecule has 1 saturated carbocycles. The van der Waals surface area contributed by atoms with Crippen molar-refractivity contribution in [3.63, 3.8) is 0 Å². The summed E-state index contributed by atoms with van der Waals surface area (Å²) in [6.07, 6.45) is 7.00. The highest BCUT2D eigenvalue weighted by atomic mass is 16.2. The maximum Gasteiger partial charge on any atom is 0.319 e. The quantitative estimate of drug-likeness (QED) is 0.745. The molecule has 1 aromatic rings. The summed E-state index contributed by atoms with van der Waals surface area (Å²) in [6.45, 7) is 1.46. The predicted octanol–water partition coefficient (Wildman–Crippen LogP) is 3.49. The smallest absolute Gasteiger partial charge is 0.319 e. The lowest BCUT2D eigenvalue weighted by atomic mass is 10.1. The summed E-state index contributed by atoms with van der Waals surface area (Å²) in [6, 6.07) is 7.22. The van der Waals surface area contributed by atoms with Crippen LogP contribution in [0.1, 0.15) is 45.4 Å². The summed E-state index contributed by atoms with van der Waals surface area (Å²) < 4.78 is 0. The first-order valence-corrected chi connectivity index (χ1v) is 7.58. The molecule has 114 valence electrons. The number of benzene rings is 1. The van der Waals surface area contributed by atoms with Gasteiger partial charge in [0.05, 0.1) is 0 Å². The lowest BCUT2D eigenvalue weighted by Crippen LogP contribution is -2.37. The van der Waals surface area contributed by atoms with Crippen LogP contribution in [0.4, 0.5) is 16.2 Å². The fourth-order valence-electron chi connectivity index (χ4n) is 2.65. The van der Waals surface area contributed by atoms with Gasteiger partial charge in [-0.25, -0.2) is 4.79 Å². The normalized spacial score (nSPS) is 15.9. The molecule has 3 amide bonds. The first-order valence-electron chi connectivity index (χ1n) is 7.58. The Morgan fingerprint density at radius 1 is 1.00 bits per heavy atom. The van der Waals surface area contributed by atoms with Gasteiger partial charge in [0.2, 0.25) is 5.91 Å². The van der Waals surface area contributed by atoms with Crippen molar-refractivity contribution in [1.29, 1.82) is 0 Å². The molecule has 0 atom stereocenters. The first-order chi connectivity index (χ1) is 10.1. The molecule has 0 unspecified atom stereocenters. The van der Waals surface area contributed by atoms with Crippen LogP contribution in [0.25, 0.3) is 0 Å². The van der Waals surface area contributed by atoms with Gasteiger partial charge < -0.3 is 16.0 Å². The Bertz CT molecular complexity index is 494. The van der Waals surface area contributed by atoms with Crippen LogP contribution >= 0.6 is 0 Å². The van der Waals surface area contributed by atoms with E-state index >= 15 is 0 Å². The van der Waals surface area contributed by atoms with E-state index in [4.69, 9.17) is 0 Å². The third kappa shape index (κ3) is 5.45. The van der Waals surface area contributed by atoms with Crippen molar-refractivity contribution in [3.05, 3.63) is 24.3 Å². The van der Waals surface area contributed by atoms with Crippen LogP contribution in [0.5, 0.6) is 0 Å². The van der Waals surface area contributed by atoms with Gasteiger partial charge in [0, 0.05) is 24.3 Å². The molecule has 0 bridgehead atoms. The number of anilines is 2. The van der Waals surface area contributed by atoms with E-state index in [1.165, 1.54) is 32.6 Å². The van der Waals surface area contributed by atoms with E-state index in [1.54, 1.807) is 24.3 Å². The molecule has 5 heteroatoms. The van der Waals surface area contributed by atoms with E-state index in [9.17, 15) is 9.59 Å². The molecule has 1 fully saturated rings. The van der Waals surface area contributed by atoms with Gasteiger partial charge in [0.15, 0.2) is 0 Å². The molecule has 5 nitrogen and oxygen atoms in total. The fourth-order valence-corrected chi connectivity index (χ4v) is 2.65. The van der Waals surface area contributed by atoms with Crippen LogP contribution in [0, 0.1) is 0 Å². The number of hydrogen-bond donors (Lipinski definition) is 3.